The van der Waals surface area contributed by atoms with Gasteiger partial charge in [-0.2, -0.15) is 8.78 Å². The quantitative estimate of drug-likeness (QED) is 0.698. The van der Waals surface area contributed by atoms with Crippen molar-refractivity contribution in [3.8, 4) is 0 Å². The van der Waals surface area contributed by atoms with E-state index < -0.39 is 18.7 Å². The van der Waals surface area contributed by atoms with Crippen LogP contribution in [0.3, 0.4) is 0 Å². The third-order valence-electron chi connectivity index (χ3n) is 2.03. The van der Waals surface area contributed by atoms with E-state index in [0.29, 0.717) is 19.3 Å². The van der Waals surface area contributed by atoms with Gasteiger partial charge in [-0.1, -0.05) is 0 Å². The van der Waals surface area contributed by atoms with E-state index in [1.54, 1.807) is 0 Å². The molecule has 1 aliphatic carbocycles. The van der Waals surface area contributed by atoms with Crippen molar-refractivity contribution in [1.82, 2.24) is 5.32 Å². The van der Waals surface area contributed by atoms with Gasteiger partial charge in [-0.15, -0.1) is 0 Å². The van der Waals surface area contributed by atoms with E-state index in [2.05, 4.69) is 10.1 Å². The zero-order valence-corrected chi connectivity index (χ0v) is 7.00. The molecule has 1 saturated carbocycles. The predicted octanol–water partition coefficient (Wildman–Crippen LogP) is 0.815. The molecule has 0 radical (unpaired) electrons. The van der Waals surface area contributed by atoms with Crippen LogP contribution in [0.4, 0.5) is 13.6 Å². The van der Waals surface area contributed by atoms with E-state index in [4.69, 9.17) is 5.73 Å². The molecule has 76 valence electrons. The van der Waals surface area contributed by atoms with Gasteiger partial charge in [0, 0.05) is 6.04 Å². The zero-order valence-electron chi connectivity index (χ0n) is 7.00. The SMILES string of the molecule is NC(=O)NC1CCC(OC(F)F)C1. The van der Waals surface area contributed by atoms with Crippen LogP contribution in [0.5, 0.6) is 0 Å². The van der Waals surface area contributed by atoms with Gasteiger partial charge < -0.3 is 15.8 Å². The summed E-state index contributed by atoms with van der Waals surface area (Å²) in [6.07, 6.45) is 1.12. The molecule has 0 spiro atoms. The molecular weight excluding hydrogens is 182 g/mol. The molecule has 13 heavy (non-hydrogen) atoms. The van der Waals surface area contributed by atoms with Gasteiger partial charge in [0.15, 0.2) is 0 Å². The molecule has 0 aromatic heterocycles. The van der Waals surface area contributed by atoms with Crippen LogP contribution in [0.1, 0.15) is 19.3 Å². The summed E-state index contributed by atoms with van der Waals surface area (Å²) in [5.41, 5.74) is 4.88. The standard InChI is InChI=1S/C7H12F2N2O2/c8-6(9)13-5-2-1-4(3-5)11-7(10)12/h4-6H,1-3H2,(H3,10,11,12). The van der Waals surface area contributed by atoms with E-state index in [9.17, 15) is 13.6 Å². The van der Waals surface area contributed by atoms with E-state index in [1.807, 2.05) is 0 Å². The number of nitrogens with one attached hydrogen (secondary N) is 1. The fourth-order valence-electron chi connectivity index (χ4n) is 1.54. The Labute approximate surface area is 74.4 Å². The summed E-state index contributed by atoms with van der Waals surface area (Å²) in [5.74, 6) is 0. The summed E-state index contributed by atoms with van der Waals surface area (Å²) < 4.78 is 27.8. The Morgan fingerprint density at radius 1 is 1.54 bits per heavy atom. The maximum atomic E-state index is 11.7. The van der Waals surface area contributed by atoms with Crippen molar-refractivity contribution >= 4 is 6.03 Å². The lowest BCUT2D eigenvalue weighted by Gasteiger charge is -2.11. The molecule has 0 bridgehead atoms. The maximum Gasteiger partial charge on any atom is 0.345 e. The number of amides is 2. The highest BCUT2D eigenvalue weighted by molar-refractivity contribution is 5.71. The lowest BCUT2D eigenvalue weighted by Crippen LogP contribution is -2.37. The minimum Gasteiger partial charge on any atom is -0.352 e. The number of primary amides is 1. The molecule has 6 heteroatoms. The van der Waals surface area contributed by atoms with E-state index >= 15 is 0 Å². The van der Waals surface area contributed by atoms with E-state index in [1.165, 1.54) is 0 Å². The molecular formula is C7H12F2N2O2. The minimum absolute atomic E-state index is 0.124. The lowest BCUT2D eigenvalue weighted by molar-refractivity contribution is -0.160. The number of hydrogen-bond acceptors (Lipinski definition) is 2. The topological polar surface area (TPSA) is 64.4 Å². The van der Waals surface area contributed by atoms with Crippen LogP contribution in [0.15, 0.2) is 0 Å². The van der Waals surface area contributed by atoms with Gasteiger partial charge in [-0.3, -0.25) is 0 Å². The molecule has 3 N–H and O–H groups in total. The molecule has 1 fully saturated rings. The van der Waals surface area contributed by atoms with Gasteiger partial charge in [-0.05, 0) is 19.3 Å². The summed E-state index contributed by atoms with van der Waals surface area (Å²) in [6.45, 7) is -2.74. The van der Waals surface area contributed by atoms with Gasteiger partial charge in [0.1, 0.15) is 0 Å². The first-order chi connectivity index (χ1) is 6.08. The van der Waals surface area contributed by atoms with Gasteiger partial charge in [-0.25, -0.2) is 4.79 Å². The Hall–Kier alpha value is -0.910. The average Bonchev–Trinajstić information content (AvgIpc) is 2.33. The number of carbonyl (C=O) groups excluding carboxylic acids is 1. The third-order valence-corrected chi connectivity index (χ3v) is 2.03. The first-order valence-corrected chi connectivity index (χ1v) is 4.07. The fraction of sp³-hybridized carbons (Fsp3) is 0.857. The molecule has 2 amide bonds. The number of halogens is 2. The van der Waals surface area contributed by atoms with Crippen molar-refractivity contribution < 1.29 is 18.3 Å². The molecule has 0 saturated heterocycles. The van der Waals surface area contributed by atoms with Crippen LogP contribution in [-0.4, -0.2) is 24.8 Å². The van der Waals surface area contributed by atoms with Crippen LogP contribution in [0.25, 0.3) is 0 Å². The number of alkyl halides is 2. The predicted molar refractivity (Wildman–Crippen MR) is 41.2 cm³/mol. The Balaban J connectivity index is 2.24. The van der Waals surface area contributed by atoms with Gasteiger partial charge >= 0.3 is 12.6 Å². The van der Waals surface area contributed by atoms with Crippen molar-refractivity contribution in [3.05, 3.63) is 0 Å². The Bertz CT molecular complexity index is 189. The van der Waals surface area contributed by atoms with Gasteiger partial charge in [0.05, 0.1) is 6.10 Å². The summed E-state index contributed by atoms with van der Waals surface area (Å²) in [5, 5.41) is 2.46. The van der Waals surface area contributed by atoms with Gasteiger partial charge in [0.25, 0.3) is 0 Å². The highest BCUT2D eigenvalue weighted by Gasteiger charge is 2.27. The first kappa shape index (κ1) is 10.2. The molecule has 0 aromatic rings. The highest BCUT2D eigenvalue weighted by Crippen LogP contribution is 2.23. The lowest BCUT2D eigenvalue weighted by atomic mass is 10.2. The second kappa shape index (κ2) is 4.36. The summed E-state index contributed by atoms with van der Waals surface area (Å²) in [4.78, 5) is 10.4. The number of rotatable bonds is 3. The second-order valence-electron chi connectivity index (χ2n) is 3.04. The summed E-state index contributed by atoms with van der Waals surface area (Å²) in [7, 11) is 0. The molecule has 1 aliphatic rings. The van der Waals surface area contributed by atoms with Crippen molar-refractivity contribution in [2.45, 2.75) is 38.0 Å². The maximum absolute atomic E-state index is 11.7. The molecule has 0 heterocycles. The summed E-state index contributed by atoms with van der Waals surface area (Å²) >= 11 is 0. The molecule has 2 unspecified atom stereocenters. The van der Waals surface area contributed by atoms with Crippen molar-refractivity contribution in [2.24, 2.45) is 5.73 Å². The Morgan fingerprint density at radius 3 is 2.77 bits per heavy atom. The van der Waals surface area contributed by atoms with Crippen molar-refractivity contribution in [1.29, 1.82) is 0 Å². The van der Waals surface area contributed by atoms with Crippen LogP contribution in [-0.2, 0) is 4.74 Å². The first-order valence-electron chi connectivity index (χ1n) is 4.07. The van der Waals surface area contributed by atoms with E-state index in [-0.39, 0.29) is 6.04 Å². The van der Waals surface area contributed by atoms with Crippen LogP contribution in [0.2, 0.25) is 0 Å². The monoisotopic (exact) mass is 194 g/mol. The number of nitrogens with two attached hydrogens (primary N) is 1. The third kappa shape index (κ3) is 3.54. The highest BCUT2D eigenvalue weighted by atomic mass is 19.3. The summed E-state index contributed by atoms with van der Waals surface area (Å²) in [6, 6.07) is -0.746. The number of hydrogen-bond donors (Lipinski definition) is 2. The smallest absolute Gasteiger partial charge is 0.345 e. The van der Waals surface area contributed by atoms with Crippen LogP contribution in [0, 0.1) is 0 Å². The molecule has 2 atom stereocenters. The molecule has 0 aromatic carbocycles. The average molecular weight is 194 g/mol. The molecule has 4 nitrogen and oxygen atoms in total. The fourth-order valence-corrected chi connectivity index (χ4v) is 1.54. The molecule has 1 rings (SSSR count). The normalized spacial score (nSPS) is 27.9. The van der Waals surface area contributed by atoms with Gasteiger partial charge in [0.2, 0.25) is 0 Å². The van der Waals surface area contributed by atoms with E-state index in [0.717, 1.165) is 0 Å². The molecule has 0 aliphatic heterocycles. The minimum atomic E-state index is -2.74. The Kier molecular flexibility index (Phi) is 3.41. The van der Waals surface area contributed by atoms with Crippen molar-refractivity contribution in [3.63, 3.8) is 0 Å². The largest absolute Gasteiger partial charge is 0.352 e. The van der Waals surface area contributed by atoms with Crippen molar-refractivity contribution in [2.75, 3.05) is 0 Å². The Morgan fingerprint density at radius 2 is 2.23 bits per heavy atom. The number of urea groups is 1. The van der Waals surface area contributed by atoms with Crippen LogP contribution >= 0.6 is 0 Å². The zero-order chi connectivity index (χ0) is 9.84. The van der Waals surface area contributed by atoms with Crippen LogP contribution < -0.4 is 11.1 Å². The second-order valence-corrected chi connectivity index (χ2v) is 3.04. The number of ether oxygens (including phenoxy) is 1. The number of carbonyl (C=O) groups is 1.